The number of anilines is 1. The summed E-state index contributed by atoms with van der Waals surface area (Å²) in [5.74, 6) is 0.270. The highest BCUT2D eigenvalue weighted by atomic mass is 35.5. The molecule has 0 aliphatic rings. The Kier molecular flexibility index (Phi) is 4.37. The molecule has 0 saturated heterocycles. The molecule has 1 amide bonds. The first kappa shape index (κ1) is 16.6. The minimum atomic E-state index is -0.165. The van der Waals surface area contributed by atoms with Crippen LogP contribution in [0.5, 0.6) is 0 Å². The van der Waals surface area contributed by atoms with Crippen molar-refractivity contribution in [2.45, 2.75) is 0 Å². The van der Waals surface area contributed by atoms with E-state index in [0.717, 1.165) is 5.56 Å². The minimum absolute atomic E-state index is 0.165. The molecule has 0 saturated carbocycles. The zero-order chi connectivity index (χ0) is 18.1. The van der Waals surface area contributed by atoms with Gasteiger partial charge in [0.2, 0.25) is 5.89 Å². The van der Waals surface area contributed by atoms with E-state index in [1.54, 1.807) is 36.4 Å². The summed E-state index contributed by atoms with van der Waals surface area (Å²) in [6.07, 6.45) is 0. The van der Waals surface area contributed by atoms with Gasteiger partial charge in [-0.25, -0.2) is 4.98 Å². The molecule has 6 heteroatoms. The third-order valence-corrected chi connectivity index (χ3v) is 4.33. The Morgan fingerprint density at radius 1 is 0.962 bits per heavy atom. The summed E-state index contributed by atoms with van der Waals surface area (Å²) in [6, 6.07) is 19.6. The van der Waals surface area contributed by atoms with Gasteiger partial charge in [0.25, 0.3) is 5.91 Å². The van der Waals surface area contributed by atoms with Gasteiger partial charge in [-0.1, -0.05) is 41.4 Å². The van der Waals surface area contributed by atoms with Gasteiger partial charge >= 0.3 is 0 Å². The first-order valence-electron chi connectivity index (χ1n) is 7.82. The van der Waals surface area contributed by atoms with E-state index in [1.807, 2.05) is 30.3 Å². The summed E-state index contributed by atoms with van der Waals surface area (Å²) < 4.78 is 5.74. The van der Waals surface area contributed by atoms with Crippen LogP contribution in [0.4, 0.5) is 5.69 Å². The monoisotopic (exact) mass is 382 g/mol. The van der Waals surface area contributed by atoms with Crippen molar-refractivity contribution in [3.05, 3.63) is 82.3 Å². The fraction of sp³-hybridized carbons (Fsp3) is 0. The van der Waals surface area contributed by atoms with E-state index in [2.05, 4.69) is 10.3 Å². The van der Waals surface area contributed by atoms with Gasteiger partial charge in [0.05, 0.1) is 5.02 Å². The van der Waals surface area contributed by atoms with Crippen LogP contribution >= 0.6 is 23.2 Å². The number of fused-ring (bicyclic) bond motifs is 1. The molecule has 128 valence electrons. The van der Waals surface area contributed by atoms with Crippen LogP contribution in [0.2, 0.25) is 10.0 Å². The number of oxazole rings is 1. The van der Waals surface area contributed by atoms with Gasteiger partial charge in [-0.2, -0.15) is 0 Å². The van der Waals surface area contributed by atoms with Crippen LogP contribution in [0.1, 0.15) is 10.4 Å². The van der Waals surface area contributed by atoms with Crippen molar-refractivity contribution >= 4 is 45.9 Å². The van der Waals surface area contributed by atoms with Gasteiger partial charge in [0.15, 0.2) is 5.58 Å². The van der Waals surface area contributed by atoms with Gasteiger partial charge in [0, 0.05) is 21.8 Å². The number of benzene rings is 3. The second-order valence-electron chi connectivity index (χ2n) is 5.65. The van der Waals surface area contributed by atoms with E-state index in [1.165, 1.54) is 0 Å². The van der Waals surface area contributed by atoms with Gasteiger partial charge in [-0.3, -0.25) is 4.79 Å². The largest absolute Gasteiger partial charge is 0.435 e. The Bertz CT molecular complexity index is 1090. The molecule has 0 radical (unpaired) electrons. The van der Waals surface area contributed by atoms with E-state index < -0.39 is 0 Å². The smallest absolute Gasteiger partial charge is 0.255 e. The van der Waals surface area contributed by atoms with Crippen molar-refractivity contribution in [1.82, 2.24) is 4.98 Å². The second kappa shape index (κ2) is 6.83. The van der Waals surface area contributed by atoms with Crippen LogP contribution < -0.4 is 5.32 Å². The number of amides is 1. The number of carbonyl (C=O) groups is 1. The zero-order valence-electron chi connectivity index (χ0n) is 13.4. The highest BCUT2D eigenvalue weighted by Crippen LogP contribution is 2.32. The molecule has 0 spiro atoms. The maximum Gasteiger partial charge on any atom is 0.255 e. The van der Waals surface area contributed by atoms with Crippen molar-refractivity contribution < 1.29 is 9.21 Å². The van der Waals surface area contributed by atoms with Crippen LogP contribution in [0.3, 0.4) is 0 Å². The highest BCUT2D eigenvalue weighted by Gasteiger charge is 2.12. The van der Waals surface area contributed by atoms with Crippen LogP contribution in [0.15, 0.2) is 71.1 Å². The van der Waals surface area contributed by atoms with Crippen LogP contribution in [-0.2, 0) is 0 Å². The lowest BCUT2D eigenvalue weighted by Gasteiger charge is -2.05. The van der Waals surface area contributed by atoms with Gasteiger partial charge < -0.3 is 9.73 Å². The van der Waals surface area contributed by atoms with Crippen molar-refractivity contribution in [3.63, 3.8) is 0 Å². The summed E-state index contributed by atoms with van der Waals surface area (Å²) in [4.78, 5) is 16.6. The second-order valence-corrected chi connectivity index (χ2v) is 6.50. The average molecular weight is 383 g/mol. The number of nitrogens with zero attached hydrogens (tertiary/aromatic N) is 1. The molecule has 1 aromatic heterocycles. The summed E-state index contributed by atoms with van der Waals surface area (Å²) in [7, 11) is 0. The topological polar surface area (TPSA) is 55.1 Å². The molecule has 0 fully saturated rings. The molecule has 0 aliphatic heterocycles. The Morgan fingerprint density at radius 3 is 2.42 bits per heavy atom. The first-order chi connectivity index (χ1) is 12.6. The van der Waals surface area contributed by atoms with Crippen LogP contribution in [-0.4, -0.2) is 10.9 Å². The molecule has 4 nitrogen and oxygen atoms in total. The fourth-order valence-electron chi connectivity index (χ4n) is 2.57. The molecule has 4 aromatic rings. The van der Waals surface area contributed by atoms with Crippen molar-refractivity contribution in [1.29, 1.82) is 0 Å². The summed E-state index contributed by atoms with van der Waals surface area (Å²) in [5.41, 5.74) is 3.14. The number of halogens is 2. The minimum Gasteiger partial charge on any atom is -0.435 e. The molecule has 3 aromatic carbocycles. The number of hydrogen-bond donors (Lipinski definition) is 1. The molecule has 1 N–H and O–H groups in total. The molecule has 1 heterocycles. The maximum absolute atomic E-state index is 12.2. The molecule has 4 rings (SSSR count). The first-order valence-corrected chi connectivity index (χ1v) is 8.58. The summed E-state index contributed by atoms with van der Waals surface area (Å²) >= 11 is 12.1. The average Bonchev–Trinajstić information content (AvgIpc) is 3.07. The predicted molar refractivity (Wildman–Crippen MR) is 104 cm³/mol. The van der Waals surface area contributed by atoms with Crippen molar-refractivity contribution in [2.24, 2.45) is 0 Å². The Labute approximate surface area is 159 Å². The third-order valence-electron chi connectivity index (χ3n) is 3.84. The Balaban J connectivity index is 1.58. The Morgan fingerprint density at radius 2 is 1.69 bits per heavy atom. The quantitative estimate of drug-likeness (QED) is 0.468. The molecule has 26 heavy (non-hydrogen) atoms. The van der Waals surface area contributed by atoms with Gasteiger partial charge in [-0.15, -0.1) is 0 Å². The lowest BCUT2D eigenvalue weighted by molar-refractivity contribution is 0.102. The van der Waals surface area contributed by atoms with E-state index in [-0.39, 0.29) is 5.91 Å². The zero-order valence-corrected chi connectivity index (χ0v) is 14.9. The van der Waals surface area contributed by atoms with Crippen LogP contribution in [0, 0.1) is 0 Å². The van der Waals surface area contributed by atoms with E-state index in [0.29, 0.717) is 38.3 Å². The molecular formula is C20H12Cl2N2O2. The highest BCUT2D eigenvalue weighted by molar-refractivity contribution is 6.38. The molecule has 0 bridgehead atoms. The van der Waals surface area contributed by atoms with E-state index in [4.69, 9.17) is 27.6 Å². The van der Waals surface area contributed by atoms with Gasteiger partial charge in [0.1, 0.15) is 5.52 Å². The molecular weight excluding hydrogens is 371 g/mol. The SMILES string of the molecule is O=C(Nc1ccc(-c2nc3cc(Cl)cc(Cl)c3o2)cc1)c1ccccc1. The Hall–Kier alpha value is -2.82. The lowest BCUT2D eigenvalue weighted by Crippen LogP contribution is -2.11. The van der Waals surface area contributed by atoms with E-state index in [9.17, 15) is 4.79 Å². The normalized spacial score (nSPS) is 10.8. The van der Waals surface area contributed by atoms with Crippen molar-refractivity contribution in [3.8, 4) is 11.5 Å². The van der Waals surface area contributed by atoms with Gasteiger partial charge in [-0.05, 0) is 48.5 Å². The number of carbonyl (C=O) groups excluding carboxylic acids is 1. The fourth-order valence-corrected chi connectivity index (χ4v) is 3.09. The maximum atomic E-state index is 12.2. The van der Waals surface area contributed by atoms with Crippen LogP contribution in [0.25, 0.3) is 22.6 Å². The number of aromatic nitrogens is 1. The molecule has 0 atom stereocenters. The standard InChI is InChI=1S/C20H12Cl2N2O2/c21-14-10-16(22)18-17(11-14)24-20(26-18)13-6-8-15(9-7-13)23-19(25)12-4-2-1-3-5-12/h1-11H,(H,23,25). The number of hydrogen-bond acceptors (Lipinski definition) is 3. The number of rotatable bonds is 3. The summed E-state index contributed by atoms with van der Waals surface area (Å²) in [6.45, 7) is 0. The lowest BCUT2D eigenvalue weighted by atomic mass is 10.2. The third kappa shape index (κ3) is 3.29. The van der Waals surface area contributed by atoms with Crippen molar-refractivity contribution in [2.75, 3.05) is 5.32 Å². The molecule has 0 aliphatic carbocycles. The predicted octanol–water partition coefficient (Wildman–Crippen LogP) is 6.05. The van der Waals surface area contributed by atoms with E-state index >= 15 is 0 Å². The number of nitrogens with one attached hydrogen (secondary N) is 1. The summed E-state index contributed by atoms with van der Waals surface area (Å²) in [5, 5.41) is 3.77. The molecule has 0 unspecified atom stereocenters.